The lowest BCUT2D eigenvalue weighted by molar-refractivity contribution is -0.119. The van der Waals surface area contributed by atoms with E-state index in [1.54, 1.807) is 13.0 Å². The minimum Gasteiger partial charge on any atom is -0.477 e. The molecule has 0 bridgehead atoms. The van der Waals surface area contributed by atoms with Gasteiger partial charge in [0.25, 0.3) is 5.19 Å². The van der Waals surface area contributed by atoms with E-state index in [2.05, 4.69) is 15.0 Å². The minimum atomic E-state index is -0.563. The maximum atomic E-state index is 12.9. The molecule has 1 atom stereocenters. The van der Waals surface area contributed by atoms with Crippen molar-refractivity contribution in [3.8, 4) is 16.8 Å². The topological polar surface area (TPSA) is 83.4 Å². The number of thiazole rings is 1. The number of ether oxygens (including phenoxy) is 3. The van der Waals surface area contributed by atoms with E-state index in [-0.39, 0.29) is 17.8 Å². The molecule has 3 aromatic rings. The number of carbonyl (C=O) groups is 1. The van der Waals surface area contributed by atoms with Gasteiger partial charge in [-0.2, -0.15) is 4.39 Å². The average molecular weight is 446 g/mol. The Balaban J connectivity index is 1.23. The SMILES string of the molecule is CC(=O)C[C@@H](C)COC1CC(COc2ccc3nc(Oc4ccc(F)nc4)sc3n2)C1. The van der Waals surface area contributed by atoms with Crippen LogP contribution in [0.15, 0.2) is 30.5 Å². The molecule has 3 aromatic heterocycles. The van der Waals surface area contributed by atoms with Gasteiger partial charge in [-0.1, -0.05) is 18.3 Å². The first kappa shape index (κ1) is 21.6. The lowest BCUT2D eigenvalue weighted by Gasteiger charge is -2.35. The fraction of sp³-hybridized carbons (Fsp3) is 0.455. The van der Waals surface area contributed by atoms with E-state index < -0.39 is 5.95 Å². The number of aromatic nitrogens is 3. The highest BCUT2D eigenvalue weighted by atomic mass is 32.1. The molecule has 0 aromatic carbocycles. The van der Waals surface area contributed by atoms with Crippen LogP contribution in [0.1, 0.15) is 33.1 Å². The Hall–Kier alpha value is -2.65. The number of fused-ring (bicyclic) bond motifs is 1. The molecule has 0 radical (unpaired) electrons. The van der Waals surface area contributed by atoms with E-state index in [1.807, 2.05) is 13.0 Å². The Morgan fingerprint density at radius 2 is 2.10 bits per heavy atom. The highest BCUT2D eigenvalue weighted by Crippen LogP contribution is 2.33. The van der Waals surface area contributed by atoms with E-state index in [0.717, 1.165) is 12.8 Å². The second-order valence-corrected chi connectivity index (χ2v) is 8.93. The van der Waals surface area contributed by atoms with Gasteiger partial charge in [0, 0.05) is 19.1 Å². The van der Waals surface area contributed by atoms with Gasteiger partial charge in [0.2, 0.25) is 11.8 Å². The van der Waals surface area contributed by atoms with Crippen LogP contribution in [-0.2, 0) is 9.53 Å². The van der Waals surface area contributed by atoms with Crippen LogP contribution in [-0.4, -0.2) is 40.1 Å². The summed E-state index contributed by atoms with van der Waals surface area (Å²) in [4.78, 5) is 24.3. The lowest BCUT2D eigenvalue weighted by Crippen LogP contribution is -2.36. The van der Waals surface area contributed by atoms with Crippen LogP contribution in [0.5, 0.6) is 16.8 Å². The van der Waals surface area contributed by atoms with Crippen molar-refractivity contribution >= 4 is 27.5 Å². The van der Waals surface area contributed by atoms with Gasteiger partial charge in [0.1, 0.15) is 17.0 Å². The standard InChI is InChI=1S/C22H24FN3O4S/c1-13(7-14(2)27)11-28-17-8-15(9-17)12-29-20-6-4-18-21(26-20)31-22(25-18)30-16-3-5-19(23)24-10-16/h3-6,10,13,15,17H,7-9,11-12H2,1-2H3/t13-,15?,17?/m1/s1. The van der Waals surface area contributed by atoms with Crippen molar-refractivity contribution in [2.75, 3.05) is 13.2 Å². The van der Waals surface area contributed by atoms with E-state index in [1.165, 1.54) is 29.7 Å². The number of Topliss-reactive ketones (excluding diaryl/α,β-unsaturated/α-hetero) is 1. The Bertz CT molecular complexity index is 1040. The monoisotopic (exact) mass is 445 g/mol. The molecule has 1 aliphatic carbocycles. The quantitative estimate of drug-likeness (QED) is 0.414. The first-order valence-electron chi connectivity index (χ1n) is 10.3. The molecule has 1 aliphatic rings. The number of hydrogen-bond donors (Lipinski definition) is 0. The van der Waals surface area contributed by atoms with E-state index in [4.69, 9.17) is 14.2 Å². The molecule has 3 heterocycles. The molecule has 0 aliphatic heterocycles. The van der Waals surface area contributed by atoms with E-state index in [9.17, 15) is 9.18 Å². The molecule has 1 saturated carbocycles. The normalized spacial score (nSPS) is 19.1. The van der Waals surface area contributed by atoms with Crippen LogP contribution < -0.4 is 9.47 Å². The summed E-state index contributed by atoms with van der Waals surface area (Å²) in [5.41, 5.74) is 0.708. The van der Waals surface area contributed by atoms with Crippen LogP contribution in [0.25, 0.3) is 10.3 Å². The first-order valence-corrected chi connectivity index (χ1v) is 11.1. The zero-order valence-corrected chi connectivity index (χ0v) is 18.2. The second kappa shape index (κ2) is 9.65. The number of carbonyl (C=O) groups excluding carboxylic acids is 1. The van der Waals surface area contributed by atoms with Crippen molar-refractivity contribution in [3.05, 3.63) is 36.4 Å². The minimum absolute atomic E-state index is 0.201. The smallest absolute Gasteiger partial charge is 0.281 e. The van der Waals surface area contributed by atoms with Gasteiger partial charge in [0.05, 0.1) is 18.9 Å². The molecular formula is C22H24FN3O4S. The molecule has 164 valence electrons. The third-order valence-corrected chi connectivity index (χ3v) is 5.87. The summed E-state index contributed by atoms with van der Waals surface area (Å²) in [6, 6.07) is 6.36. The van der Waals surface area contributed by atoms with E-state index in [0.29, 0.717) is 52.7 Å². The third kappa shape index (κ3) is 5.95. The summed E-state index contributed by atoms with van der Waals surface area (Å²) >= 11 is 1.29. The van der Waals surface area contributed by atoms with Gasteiger partial charge in [0.15, 0.2) is 4.83 Å². The number of pyridine rings is 2. The van der Waals surface area contributed by atoms with Crippen molar-refractivity contribution in [2.45, 2.75) is 39.2 Å². The van der Waals surface area contributed by atoms with Crippen LogP contribution in [0, 0.1) is 17.8 Å². The number of ketones is 1. The molecule has 1 fully saturated rings. The van der Waals surface area contributed by atoms with Crippen LogP contribution >= 0.6 is 11.3 Å². The van der Waals surface area contributed by atoms with Gasteiger partial charge >= 0.3 is 0 Å². The third-order valence-electron chi connectivity index (χ3n) is 5.03. The zero-order valence-electron chi connectivity index (χ0n) is 17.4. The fourth-order valence-corrected chi connectivity index (χ4v) is 4.23. The summed E-state index contributed by atoms with van der Waals surface area (Å²) in [6.07, 6.45) is 4.04. The fourth-order valence-electron chi connectivity index (χ4n) is 3.43. The van der Waals surface area contributed by atoms with Crippen molar-refractivity contribution in [2.24, 2.45) is 11.8 Å². The summed E-state index contributed by atoms with van der Waals surface area (Å²) in [5.74, 6) is 1.30. The van der Waals surface area contributed by atoms with Gasteiger partial charge in [-0.3, -0.25) is 0 Å². The van der Waals surface area contributed by atoms with Crippen molar-refractivity contribution in [1.82, 2.24) is 15.0 Å². The van der Waals surface area contributed by atoms with Gasteiger partial charge in [-0.05, 0) is 49.8 Å². The Kier molecular flexibility index (Phi) is 6.72. The molecule has 0 saturated heterocycles. The maximum Gasteiger partial charge on any atom is 0.281 e. The highest BCUT2D eigenvalue weighted by Gasteiger charge is 2.31. The Morgan fingerprint density at radius 1 is 1.26 bits per heavy atom. The maximum absolute atomic E-state index is 12.9. The number of halogens is 1. The summed E-state index contributed by atoms with van der Waals surface area (Å²) < 4.78 is 30.3. The molecule has 0 spiro atoms. The molecule has 4 rings (SSSR count). The number of rotatable bonds is 10. The summed E-state index contributed by atoms with van der Waals surface area (Å²) in [6.45, 7) is 4.86. The second-order valence-electron chi connectivity index (χ2n) is 7.99. The highest BCUT2D eigenvalue weighted by molar-refractivity contribution is 7.19. The molecule has 0 unspecified atom stereocenters. The van der Waals surface area contributed by atoms with Crippen molar-refractivity contribution < 1.29 is 23.4 Å². The first-order chi connectivity index (χ1) is 14.9. The molecule has 0 N–H and O–H groups in total. The van der Waals surface area contributed by atoms with Crippen molar-refractivity contribution in [1.29, 1.82) is 0 Å². The predicted octanol–water partition coefficient (Wildman–Crippen LogP) is 4.81. The summed E-state index contributed by atoms with van der Waals surface area (Å²) in [7, 11) is 0. The van der Waals surface area contributed by atoms with Crippen LogP contribution in [0.3, 0.4) is 0 Å². The van der Waals surface area contributed by atoms with Crippen LogP contribution in [0.2, 0.25) is 0 Å². The van der Waals surface area contributed by atoms with Crippen LogP contribution in [0.4, 0.5) is 4.39 Å². The number of hydrogen-bond acceptors (Lipinski definition) is 8. The van der Waals surface area contributed by atoms with Gasteiger partial charge < -0.3 is 19.0 Å². The molecule has 9 heteroatoms. The lowest BCUT2D eigenvalue weighted by atomic mass is 9.83. The molecule has 31 heavy (non-hydrogen) atoms. The molecular weight excluding hydrogens is 421 g/mol. The summed E-state index contributed by atoms with van der Waals surface area (Å²) in [5, 5.41) is 0.408. The predicted molar refractivity (Wildman–Crippen MR) is 114 cm³/mol. The van der Waals surface area contributed by atoms with Gasteiger partial charge in [-0.25, -0.2) is 15.0 Å². The zero-order chi connectivity index (χ0) is 21.8. The molecule has 7 nitrogen and oxygen atoms in total. The molecule has 0 amide bonds. The van der Waals surface area contributed by atoms with Gasteiger partial charge in [-0.15, -0.1) is 0 Å². The number of nitrogens with zero attached hydrogens (tertiary/aromatic N) is 3. The Morgan fingerprint density at radius 3 is 2.84 bits per heavy atom. The van der Waals surface area contributed by atoms with Crippen molar-refractivity contribution in [3.63, 3.8) is 0 Å². The largest absolute Gasteiger partial charge is 0.477 e. The average Bonchev–Trinajstić information content (AvgIpc) is 3.09. The Labute approximate surface area is 183 Å². The van der Waals surface area contributed by atoms with E-state index >= 15 is 0 Å².